The van der Waals surface area contributed by atoms with Crippen LogP contribution in [0, 0.1) is 5.92 Å². The lowest BCUT2D eigenvalue weighted by Crippen LogP contribution is -2.46. The maximum Gasteiger partial charge on any atom is 0.239 e. The summed E-state index contributed by atoms with van der Waals surface area (Å²) in [5, 5.41) is 0. The third kappa shape index (κ3) is 3.76. The van der Waals surface area contributed by atoms with Gasteiger partial charge < -0.3 is 15.5 Å². The minimum Gasteiger partial charge on any atom is -0.341 e. The molecule has 1 rings (SSSR count). The van der Waals surface area contributed by atoms with Crippen molar-refractivity contribution in [2.75, 3.05) is 33.2 Å². The maximum absolute atomic E-state index is 11.8. The number of hydrogen-bond acceptors (Lipinski definition) is 3. The average Bonchev–Trinajstić information content (AvgIpc) is 2.25. The number of likely N-dealkylation sites (tertiary alicyclic amines) is 1. The Morgan fingerprint density at radius 2 is 2.31 bits per heavy atom. The normalized spacial score (nSPS) is 24.1. The second-order valence-electron chi connectivity index (χ2n) is 4.94. The van der Waals surface area contributed by atoms with Crippen molar-refractivity contribution in [3.8, 4) is 0 Å². The zero-order valence-corrected chi connectivity index (χ0v) is 10.8. The first-order chi connectivity index (χ1) is 7.54. The standard InChI is InChI=1S/C12H25N3O/c1-4-15(12(16)10(2)13)9-11-6-5-7-14(3)8-11/h10-11H,4-9,13H2,1-3H3/t10-,11?/m0/s1. The molecule has 1 fully saturated rings. The van der Waals surface area contributed by atoms with Crippen molar-refractivity contribution < 1.29 is 4.79 Å². The van der Waals surface area contributed by atoms with Crippen LogP contribution in [0.2, 0.25) is 0 Å². The quantitative estimate of drug-likeness (QED) is 0.762. The van der Waals surface area contributed by atoms with Crippen molar-refractivity contribution in [2.45, 2.75) is 32.7 Å². The van der Waals surface area contributed by atoms with E-state index in [1.807, 2.05) is 11.8 Å². The summed E-state index contributed by atoms with van der Waals surface area (Å²) in [7, 11) is 2.15. The van der Waals surface area contributed by atoms with Gasteiger partial charge in [0.1, 0.15) is 0 Å². The number of carbonyl (C=O) groups is 1. The lowest BCUT2D eigenvalue weighted by Gasteiger charge is -2.34. The second kappa shape index (κ2) is 6.21. The Morgan fingerprint density at radius 3 is 2.81 bits per heavy atom. The van der Waals surface area contributed by atoms with Crippen molar-refractivity contribution in [2.24, 2.45) is 11.7 Å². The maximum atomic E-state index is 11.8. The van der Waals surface area contributed by atoms with Crippen LogP contribution in [0.1, 0.15) is 26.7 Å². The Balaban J connectivity index is 2.46. The molecule has 16 heavy (non-hydrogen) atoms. The lowest BCUT2D eigenvalue weighted by atomic mass is 9.97. The van der Waals surface area contributed by atoms with Gasteiger partial charge in [-0.05, 0) is 46.2 Å². The number of piperidine rings is 1. The van der Waals surface area contributed by atoms with Crippen LogP contribution in [0.15, 0.2) is 0 Å². The highest BCUT2D eigenvalue weighted by atomic mass is 16.2. The molecular weight excluding hydrogens is 202 g/mol. The molecule has 1 aliphatic rings. The van der Waals surface area contributed by atoms with Gasteiger partial charge in [-0.3, -0.25) is 4.79 Å². The topological polar surface area (TPSA) is 49.6 Å². The lowest BCUT2D eigenvalue weighted by molar-refractivity contribution is -0.132. The molecule has 0 radical (unpaired) electrons. The van der Waals surface area contributed by atoms with Crippen LogP contribution in [-0.4, -0.2) is 55.0 Å². The monoisotopic (exact) mass is 227 g/mol. The molecule has 2 atom stereocenters. The first kappa shape index (κ1) is 13.5. The molecule has 2 N–H and O–H groups in total. The van der Waals surface area contributed by atoms with Gasteiger partial charge in [0.05, 0.1) is 6.04 Å². The van der Waals surface area contributed by atoms with E-state index < -0.39 is 0 Å². The molecule has 0 aromatic rings. The Kier molecular flexibility index (Phi) is 5.22. The smallest absolute Gasteiger partial charge is 0.239 e. The summed E-state index contributed by atoms with van der Waals surface area (Å²) in [5.74, 6) is 0.692. The van der Waals surface area contributed by atoms with Gasteiger partial charge in [-0.2, -0.15) is 0 Å². The predicted molar refractivity (Wildman–Crippen MR) is 66.1 cm³/mol. The molecule has 1 saturated heterocycles. The largest absolute Gasteiger partial charge is 0.341 e. The molecule has 1 heterocycles. The molecule has 1 amide bonds. The van der Waals surface area contributed by atoms with E-state index >= 15 is 0 Å². The van der Waals surface area contributed by atoms with E-state index in [9.17, 15) is 4.79 Å². The zero-order chi connectivity index (χ0) is 12.1. The molecule has 4 heteroatoms. The molecular formula is C12H25N3O. The number of amides is 1. The highest BCUT2D eigenvalue weighted by Crippen LogP contribution is 2.16. The number of likely N-dealkylation sites (N-methyl/N-ethyl adjacent to an activating group) is 1. The van der Waals surface area contributed by atoms with Gasteiger partial charge in [-0.15, -0.1) is 0 Å². The molecule has 0 aliphatic carbocycles. The van der Waals surface area contributed by atoms with Gasteiger partial charge in [-0.25, -0.2) is 0 Å². The molecule has 4 nitrogen and oxygen atoms in total. The highest BCUT2D eigenvalue weighted by molar-refractivity contribution is 5.81. The molecule has 94 valence electrons. The first-order valence-electron chi connectivity index (χ1n) is 6.27. The summed E-state index contributed by atoms with van der Waals surface area (Å²) in [4.78, 5) is 16.1. The Labute approximate surface area is 98.8 Å². The van der Waals surface area contributed by atoms with Gasteiger partial charge in [0.2, 0.25) is 5.91 Å². The molecule has 0 bridgehead atoms. The average molecular weight is 227 g/mol. The zero-order valence-electron chi connectivity index (χ0n) is 10.8. The van der Waals surface area contributed by atoms with E-state index in [0.29, 0.717) is 5.92 Å². The number of carbonyl (C=O) groups excluding carboxylic acids is 1. The van der Waals surface area contributed by atoms with Crippen LogP contribution in [0.5, 0.6) is 0 Å². The third-order valence-electron chi connectivity index (χ3n) is 3.28. The third-order valence-corrected chi connectivity index (χ3v) is 3.28. The van der Waals surface area contributed by atoms with Crippen LogP contribution < -0.4 is 5.73 Å². The number of nitrogens with two attached hydrogens (primary N) is 1. The molecule has 0 aromatic carbocycles. The number of hydrogen-bond donors (Lipinski definition) is 1. The van der Waals surface area contributed by atoms with Crippen molar-refractivity contribution in [3.05, 3.63) is 0 Å². The fourth-order valence-electron chi connectivity index (χ4n) is 2.40. The second-order valence-corrected chi connectivity index (χ2v) is 4.94. The summed E-state index contributed by atoms with van der Waals surface area (Å²) in [6.07, 6.45) is 2.47. The molecule has 1 unspecified atom stereocenters. The fraction of sp³-hybridized carbons (Fsp3) is 0.917. The van der Waals surface area contributed by atoms with Crippen molar-refractivity contribution >= 4 is 5.91 Å². The van der Waals surface area contributed by atoms with Crippen molar-refractivity contribution in [3.63, 3.8) is 0 Å². The molecule has 0 aromatic heterocycles. The fourth-order valence-corrected chi connectivity index (χ4v) is 2.40. The summed E-state index contributed by atoms with van der Waals surface area (Å²) < 4.78 is 0. The van der Waals surface area contributed by atoms with Crippen LogP contribution in [0.4, 0.5) is 0 Å². The molecule has 0 saturated carbocycles. The summed E-state index contributed by atoms with van der Waals surface area (Å²) in [5.41, 5.74) is 5.64. The molecule has 1 aliphatic heterocycles. The van der Waals surface area contributed by atoms with Crippen LogP contribution in [-0.2, 0) is 4.79 Å². The van der Waals surface area contributed by atoms with Crippen LogP contribution >= 0.6 is 0 Å². The SMILES string of the molecule is CCN(CC1CCCN(C)C1)C(=O)[C@H](C)N. The van der Waals surface area contributed by atoms with E-state index in [1.165, 1.54) is 19.4 Å². The minimum absolute atomic E-state index is 0.0794. The number of nitrogens with zero attached hydrogens (tertiary/aromatic N) is 2. The van der Waals surface area contributed by atoms with Crippen molar-refractivity contribution in [1.29, 1.82) is 0 Å². The van der Waals surface area contributed by atoms with E-state index in [-0.39, 0.29) is 11.9 Å². The highest BCUT2D eigenvalue weighted by Gasteiger charge is 2.23. The van der Waals surface area contributed by atoms with Crippen molar-refractivity contribution in [1.82, 2.24) is 9.80 Å². The van der Waals surface area contributed by atoms with E-state index in [2.05, 4.69) is 11.9 Å². The summed E-state index contributed by atoms with van der Waals surface area (Å²) in [6.45, 7) is 7.69. The molecule has 0 spiro atoms. The van der Waals surface area contributed by atoms with Gasteiger partial charge in [-0.1, -0.05) is 0 Å². The Hall–Kier alpha value is -0.610. The van der Waals surface area contributed by atoms with Gasteiger partial charge in [0, 0.05) is 19.6 Å². The predicted octanol–water partition coefficient (Wildman–Crippen LogP) is 0.524. The van der Waals surface area contributed by atoms with E-state index in [4.69, 9.17) is 5.73 Å². The number of rotatable bonds is 4. The van der Waals surface area contributed by atoms with E-state index in [0.717, 1.165) is 19.6 Å². The van der Waals surface area contributed by atoms with E-state index in [1.54, 1.807) is 6.92 Å². The van der Waals surface area contributed by atoms with Gasteiger partial charge >= 0.3 is 0 Å². The first-order valence-corrected chi connectivity index (χ1v) is 6.27. The Bertz CT molecular complexity index is 230. The summed E-state index contributed by atoms with van der Waals surface area (Å²) >= 11 is 0. The summed E-state index contributed by atoms with van der Waals surface area (Å²) in [6, 6.07) is -0.374. The Morgan fingerprint density at radius 1 is 1.62 bits per heavy atom. The van der Waals surface area contributed by atoms with Gasteiger partial charge in [0.15, 0.2) is 0 Å². The van der Waals surface area contributed by atoms with Gasteiger partial charge in [0.25, 0.3) is 0 Å². The van der Waals surface area contributed by atoms with Crippen LogP contribution in [0.25, 0.3) is 0 Å². The minimum atomic E-state index is -0.374. The van der Waals surface area contributed by atoms with Crippen LogP contribution in [0.3, 0.4) is 0 Å².